The Kier molecular flexibility index (Phi) is 4.43. The molecule has 8 nitrogen and oxygen atoms in total. The number of fused-ring (bicyclic) bond motifs is 3. The van der Waals surface area contributed by atoms with Crippen molar-refractivity contribution in [2.24, 2.45) is 7.05 Å². The molecule has 3 aromatic heterocycles. The third kappa shape index (κ3) is 2.68. The van der Waals surface area contributed by atoms with Gasteiger partial charge in [-0.25, -0.2) is 4.79 Å². The van der Waals surface area contributed by atoms with Crippen LogP contribution in [0.4, 0.5) is 0 Å². The van der Waals surface area contributed by atoms with E-state index in [4.69, 9.17) is 4.74 Å². The largest absolute Gasteiger partial charge is 0.380 e. The van der Waals surface area contributed by atoms with E-state index >= 15 is 0 Å². The lowest BCUT2D eigenvalue weighted by Crippen LogP contribution is -2.40. The zero-order chi connectivity index (χ0) is 20.0. The van der Waals surface area contributed by atoms with Gasteiger partial charge < -0.3 is 4.74 Å². The fourth-order valence-corrected chi connectivity index (χ4v) is 3.52. The van der Waals surface area contributed by atoms with Crippen LogP contribution in [0.2, 0.25) is 0 Å². The topological polar surface area (TPSA) is 75.5 Å². The molecule has 1 aromatic carbocycles. The summed E-state index contributed by atoms with van der Waals surface area (Å²) >= 11 is 0. The maximum atomic E-state index is 13.1. The van der Waals surface area contributed by atoms with E-state index in [0.29, 0.717) is 30.2 Å². The molecule has 0 spiro atoms. The van der Waals surface area contributed by atoms with Crippen LogP contribution < -0.4 is 11.2 Å². The molecule has 0 aliphatic rings. The van der Waals surface area contributed by atoms with Gasteiger partial charge in [0.1, 0.15) is 0 Å². The number of hydrogen-bond acceptors (Lipinski definition) is 4. The van der Waals surface area contributed by atoms with Gasteiger partial charge in [-0.15, -0.1) is 0 Å². The average Bonchev–Trinajstić information content (AvgIpc) is 3.18. The minimum absolute atomic E-state index is 0.209. The van der Waals surface area contributed by atoms with E-state index in [1.807, 2.05) is 55.8 Å². The summed E-state index contributed by atoms with van der Waals surface area (Å²) in [6.45, 7) is 6.93. The quantitative estimate of drug-likeness (QED) is 0.494. The summed E-state index contributed by atoms with van der Waals surface area (Å²) in [5.41, 5.74) is 3.08. The van der Waals surface area contributed by atoms with E-state index in [2.05, 4.69) is 4.98 Å². The fraction of sp³-hybridized carbons (Fsp3) is 0.350. The monoisotopic (exact) mass is 381 g/mol. The van der Waals surface area contributed by atoms with Crippen molar-refractivity contribution in [3.05, 3.63) is 62.6 Å². The number of aromatic nitrogens is 5. The third-order valence-electron chi connectivity index (χ3n) is 4.98. The van der Waals surface area contributed by atoms with Crippen LogP contribution in [0.15, 0.2) is 40.1 Å². The number of imidazole rings is 2. The number of benzene rings is 1. The van der Waals surface area contributed by atoms with Crippen molar-refractivity contribution in [1.82, 2.24) is 23.1 Å². The van der Waals surface area contributed by atoms with Gasteiger partial charge in [-0.05, 0) is 32.9 Å². The Bertz CT molecular complexity index is 1290. The van der Waals surface area contributed by atoms with Crippen LogP contribution in [0.1, 0.15) is 18.2 Å². The summed E-state index contributed by atoms with van der Waals surface area (Å²) in [4.78, 5) is 30.4. The van der Waals surface area contributed by atoms with Gasteiger partial charge in [0.05, 0.1) is 13.2 Å². The summed E-state index contributed by atoms with van der Waals surface area (Å²) in [5.74, 6) is 0.603. The van der Waals surface area contributed by atoms with E-state index in [0.717, 1.165) is 16.9 Å². The first-order valence-corrected chi connectivity index (χ1v) is 9.28. The molecule has 0 fully saturated rings. The van der Waals surface area contributed by atoms with Crippen LogP contribution in [0.25, 0.3) is 22.6 Å². The first kappa shape index (κ1) is 18.2. The number of aryl methyl sites for hydroxylation is 3. The van der Waals surface area contributed by atoms with Crippen LogP contribution in [-0.2, 0) is 18.3 Å². The molecule has 0 aliphatic carbocycles. The number of rotatable bonds is 5. The molecule has 0 atom stereocenters. The first-order valence-electron chi connectivity index (χ1n) is 9.28. The zero-order valence-corrected chi connectivity index (χ0v) is 16.5. The lowest BCUT2D eigenvalue weighted by molar-refractivity contribution is 0.137. The van der Waals surface area contributed by atoms with E-state index in [1.165, 1.54) is 9.13 Å². The lowest BCUT2D eigenvalue weighted by Gasteiger charge is -2.08. The molecule has 28 heavy (non-hydrogen) atoms. The van der Waals surface area contributed by atoms with E-state index < -0.39 is 5.69 Å². The van der Waals surface area contributed by atoms with Gasteiger partial charge in [-0.3, -0.25) is 22.9 Å². The van der Waals surface area contributed by atoms with Crippen molar-refractivity contribution < 1.29 is 4.74 Å². The molecular formula is C20H23N5O3. The highest BCUT2D eigenvalue weighted by Crippen LogP contribution is 2.21. The summed E-state index contributed by atoms with van der Waals surface area (Å²) < 4.78 is 11.7. The van der Waals surface area contributed by atoms with Gasteiger partial charge in [0.2, 0.25) is 5.78 Å². The number of hydrogen-bond donors (Lipinski definition) is 0. The Hall–Kier alpha value is -3.13. The van der Waals surface area contributed by atoms with Crippen molar-refractivity contribution in [3.63, 3.8) is 0 Å². The maximum Gasteiger partial charge on any atom is 0.332 e. The van der Waals surface area contributed by atoms with Crippen LogP contribution >= 0.6 is 0 Å². The summed E-state index contributed by atoms with van der Waals surface area (Å²) in [7, 11) is 1.64. The second-order valence-electron chi connectivity index (χ2n) is 6.89. The van der Waals surface area contributed by atoms with Crippen molar-refractivity contribution in [2.75, 3.05) is 13.2 Å². The summed E-state index contributed by atoms with van der Waals surface area (Å²) in [6.07, 6.45) is 1.88. The molecule has 0 bridgehead atoms. The Labute approximate surface area is 161 Å². The molecule has 0 saturated heterocycles. The Morgan fingerprint density at radius 1 is 1.11 bits per heavy atom. The van der Waals surface area contributed by atoms with Crippen LogP contribution in [0.5, 0.6) is 0 Å². The van der Waals surface area contributed by atoms with Crippen molar-refractivity contribution in [2.45, 2.75) is 27.3 Å². The number of ether oxygens (including phenoxy) is 1. The molecule has 0 saturated carbocycles. The predicted molar refractivity (Wildman–Crippen MR) is 107 cm³/mol. The average molecular weight is 381 g/mol. The van der Waals surface area contributed by atoms with E-state index in [1.54, 1.807) is 11.4 Å². The molecular weight excluding hydrogens is 358 g/mol. The van der Waals surface area contributed by atoms with Crippen LogP contribution in [0, 0.1) is 13.8 Å². The van der Waals surface area contributed by atoms with Crippen molar-refractivity contribution >= 4 is 16.9 Å². The van der Waals surface area contributed by atoms with Crippen molar-refractivity contribution in [1.29, 1.82) is 0 Å². The van der Waals surface area contributed by atoms with Gasteiger partial charge in [0.25, 0.3) is 5.56 Å². The summed E-state index contributed by atoms with van der Waals surface area (Å²) in [6, 6.07) is 8.09. The first-order chi connectivity index (χ1) is 13.4. The van der Waals surface area contributed by atoms with Crippen LogP contribution in [0.3, 0.4) is 0 Å². The normalized spacial score (nSPS) is 11.7. The zero-order valence-electron chi connectivity index (χ0n) is 16.5. The lowest BCUT2D eigenvalue weighted by atomic mass is 10.2. The van der Waals surface area contributed by atoms with Gasteiger partial charge in [0, 0.05) is 31.2 Å². The third-order valence-corrected chi connectivity index (χ3v) is 4.98. The Morgan fingerprint density at radius 2 is 1.82 bits per heavy atom. The molecule has 0 amide bonds. The molecule has 4 aromatic rings. The standard InChI is InChI=1S/C20H23N5O3/c1-5-28-11-10-23-18(26)16-17(22(4)20(23)27)21-19-24(16)12-14(3)25(19)15-8-6-13(2)7-9-15/h6-9,12H,5,10-11H2,1-4H3. The van der Waals surface area contributed by atoms with Gasteiger partial charge in [0.15, 0.2) is 11.2 Å². The van der Waals surface area contributed by atoms with E-state index in [-0.39, 0.29) is 12.1 Å². The van der Waals surface area contributed by atoms with Gasteiger partial charge in [-0.2, -0.15) is 4.98 Å². The second-order valence-corrected chi connectivity index (χ2v) is 6.89. The molecule has 3 heterocycles. The molecule has 8 heteroatoms. The molecule has 0 aliphatic heterocycles. The second kappa shape index (κ2) is 6.79. The summed E-state index contributed by atoms with van der Waals surface area (Å²) in [5, 5.41) is 0. The molecule has 146 valence electrons. The van der Waals surface area contributed by atoms with Crippen molar-refractivity contribution in [3.8, 4) is 5.69 Å². The molecule has 4 rings (SSSR count). The van der Waals surface area contributed by atoms with Crippen LogP contribution in [-0.4, -0.2) is 36.3 Å². The fourth-order valence-electron chi connectivity index (χ4n) is 3.52. The highest BCUT2D eigenvalue weighted by molar-refractivity contribution is 5.76. The smallest absolute Gasteiger partial charge is 0.332 e. The predicted octanol–water partition coefficient (Wildman–Crippen LogP) is 1.79. The molecule has 0 radical (unpaired) electrons. The van der Waals surface area contributed by atoms with Gasteiger partial charge in [-0.1, -0.05) is 17.7 Å². The minimum Gasteiger partial charge on any atom is -0.380 e. The molecule has 0 unspecified atom stereocenters. The Balaban J connectivity index is 2.01. The highest BCUT2D eigenvalue weighted by Gasteiger charge is 2.20. The van der Waals surface area contributed by atoms with Gasteiger partial charge >= 0.3 is 5.69 Å². The maximum absolute atomic E-state index is 13.1. The molecule has 0 N–H and O–H groups in total. The highest BCUT2D eigenvalue weighted by atomic mass is 16.5. The number of nitrogens with zero attached hydrogens (tertiary/aromatic N) is 5. The Morgan fingerprint density at radius 3 is 2.50 bits per heavy atom. The SMILES string of the molecule is CCOCCn1c(=O)c2c(nc3n(-c4ccc(C)cc4)c(C)cn23)n(C)c1=O. The van der Waals surface area contributed by atoms with E-state index in [9.17, 15) is 9.59 Å². The minimum atomic E-state index is -0.392.